The number of hydrogen-bond donors (Lipinski definition) is 2. The third kappa shape index (κ3) is 3.55. The third-order valence-electron chi connectivity index (χ3n) is 2.58. The SMILES string of the molecule is CCCCS(=O)(=O)NC1CCCC1O. The Morgan fingerprint density at radius 3 is 2.64 bits per heavy atom. The molecule has 0 aromatic carbocycles. The van der Waals surface area contributed by atoms with E-state index in [1.54, 1.807) is 0 Å². The van der Waals surface area contributed by atoms with Gasteiger partial charge in [-0.05, 0) is 25.7 Å². The lowest BCUT2D eigenvalue weighted by Gasteiger charge is -2.16. The summed E-state index contributed by atoms with van der Waals surface area (Å²) in [5.41, 5.74) is 0. The zero-order valence-electron chi connectivity index (χ0n) is 8.57. The summed E-state index contributed by atoms with van der Waals surface area (Å²) in [6.07, 6.45) is 3.42. The van der Waals surface area contributed by atoms with E-state index in [2.05, 4.69) is 4.72 Å². The molecule has 0 heterocycles. The van der Waals surface area contributed by atoms with Gasteiger partial charge < -0.3 is 5.11 Å². The highest BCUT2D eigenvalue weighted by molar-refractivity contribution is 7.89. The van der Waals surface area contributed by atoms with Gasteiger partial charge in [0.25, 0.3) is 0 Å². The van der Waals surface area contributed by atoms with Crippen molar-refractivity contribution in [2.24, 2.45) is 0 Å². The van der Waals surface area contributed by atoms with E-state index in [4.69, 9.17) is 0 Å². The molecule has 2 N–H and O–H groups in total. The van der Waals surface area contributed by atoms with Crippen LogP contribution in [0.3, 0.4) is 0 Å². The fraction of sp³-hybridized carbons (Fsp3) is 1.00. The van der Waals surface area contributed by atoms with Gasteiger partial charge in [0.1, 0.15) is 0 Å². The highest BCUT2D eigenvalue weighted by atomic mass is 32.2. The number of aliphatic hydroxyl groups excluding tert-OH is 1. The average molecular weight is 221 g/mol. The lowest BCUT2D eigenvalue weighted by Crippen LogP contribution is -2.40. The maximum Gasteiger partial charge on any atom is 0.211 e. The molecule has 84 valence electrons. The predicted molar refractivity (Wildman–Crippen MR) is 55.5 cm³/mol. The molecule has 0 aromatic rings. The van der Waals surface area contributed by atoms with E-state index in [0.717, 1.165) is 19.3 Å². The van der Waals surface area contributed by atoms with Gasteiger partial charge in [0.05, 0.1) is 11.9 Å². The quantitative estimate of drug-likeness (QED) is 0.715. The molecule has 0 aromatic heterocycles. The molecule has 4 nitrogen and oxygen atoms in total. The Morgan fingerprint density at radius 2 is 2.14 bits per heavy atom. The molecule has 1 aliphatic rings. The average Bonchev–Trinajstić information content (AvgIpc) is 2.48. The molecule has 0 saturated heterocycles. The first-order chi connectivity index (χ1) is 6.55. The number of sulfonamides is 1. The molecule has 14 heavy (non-hydrogen) atoms. The minimum absolute atomic E-state index is 0.173. The summed E-state index contributed by atoms with van der Waals surface area (Å²) in [6.45, 7) is 1.96. The molecule has 1 rings (SSSR count). The Morgan fingerprint density at radius 1 is 1.43 bits per heavy atom. The standard InChI is InChI=1S/C9H19NO3S/c1-2-3-7-14(12,13)10-8-5-4-6-9(8)11/h8-11H,2-7H2,1H3. The van der Waals surface area contributed by atoms with Gasteiger partial charge in [-0.2, -0.15) is 0 Å². The number of unbranched alkanes of at least 4 members (excludes halogenated alkanes) is 1. The predicted octanol–water partition coefficient (Wildman–Crippen LogP) is 0.619. The van der Waals surface area contributed by atoms with E-state index < -0.39 is 16.1 Å². The highest BCUT2D eigenvalue weighted by Crippen LogP contribution is 2.19. The normalized spacial score (nSPS) is 28.1. The second-order valence-electron chi connectivity index (χ2n) is 3.90. The lowest BCUT2D eigenvalue weighted by molar-refractivity contribution is 0.159. The summed E-state index contributed by atoms with van der Waals surface area (Å²) in [5.74, 6) is 0.173. The fourth-order valence-electron chi connectivity index (χ4n) is 1.70. The summed E-state index contributed by atoms with van der Waals surface area (Å²) in [5, 5.41) is 9.45. The van der Waals surface area contributed by atoms with Crippen molar-refractivity contribution in [3.8, 4) is 0 Å². The molecule has 2 unspecified atom stereocenters. The van der Waals surface area contributed by atoms with Crippen LogP contribution in [0.2, 0.25) is 0 Å². The second-order valence-corrected chi connectivity index (χ2v) is 5.77. The summed E-state index contributed by atoms with van der Waals surface area (Å²) in [6, 6.07) is -0.253. The van der Waals surface area contributed by atoms with Crippen LogP contribution in [0.1, 0.15) is 39.0 Å². The Bertz CT molecular complexity index is 263. The molecular weight excluding hydrogens is 202 g/mol. The van der Waals surface area contributed by atoms with Crippen molar-refractivity contribution in [2.75, 3.05) is 5.75 Å². The number of nitrogens with one attached hydrogen (secondary N) is 1. The van der Waals surface area contributed by atoms with E-state index >= 15 is 0 Å². The maximum atomic E-state index is 11.5. The van der Waals surface area contributed by atoms with Gasteiger partial charge in [-0.25, -0.2) is 13.1 Å². The molecule has 0 amide bonds. The van der Waals surface area contributed by atoms with Crippen molar-refractivity contribution in [2.45, 2.75) is 51.2 Å². The van der Waals surface area contributed by atoms with Gasteiger partial charge in [-0.15, -0.1) is 0 Å². The van der Waals surface area contributed by atoms with Crippen LogP contribution in [0.4, 0.5) is 0 Å². The molecule has 1 saturated carbocycles. The first kappa shape index (κ1) is 11.9. The van der Waals surface area contributed by atoms with Gasteiger partial charge in [-0.1, -0.05) is 13.3 Å². The van der Waals surface area contributed by atoms with E-state index in [0.29, 0.717) is 12.8 Å². The second kappa shape index (κ2) is 5.09. The van der Waals surface area contributed by atoms with E-state index in [1.165, 1.54) is 0 Å². The topological polar surface area (TPSA) is 66.4 Å². The number of aliphatic hydroxyl groups is 1. The Labute approximate surface area is 85.8 Å². The van der Waals surface area contributed by atoms with Crippen LogP contribution in [0.5, 0.6) is 0 Å². The zero-order valence-corrected chi connectivity index (χ0v) is 9.39. The van der Waals surface area contributed by atoms with Crippen LogP contribution in [0, 0.1) is 0 Å². The number of hydrogen-bond acceptors (Lipinski definition) is 3. The van der Waals surface area contributed by atoms with Crippen LogP contribution < -0.4 is 4.72 Å². The van der Waals surface area contributed by atoms with E-state index in [-0.39, 0.29) is 11.8 Å². The molecule has 2 atom stereocenters. The molecule has 1 fully saturated rings. The minimum Gasteiger partial charge on any atom is -0.391 e. The molecule has 1 aliphatic carbocycles. The van der Waals surface area contributed by atoms with Crippen LogP contribution in [0.15, 0.2) is 0 Å². The lowest BCUT2D eigenvalue weighted by atomic mass is 10.2. The maximum absolute atomic E-state index is 11.5. The van der Waals surface area contributed by atoms with Crippen molar-refractivity contribution in [3.05, 3.63) is 0 Å². The van der Waals surface area contributed by atoms with E-state index in [1.807, 2.05) is 6.92 Å². The van der Waals surface area contributed by atoms with Crippen molar-refractivity contribution >= 4 is 10.0 Å². The van der Waals surface area contributed by atoms with Gasteiger partial charge in [0.15, 0.2) is 0 Å². The largest absolute Gasteiger partial charge is 0.391 e. The highest BCUT2D eigenvalue weighted by Gasteiger charge is 2.28. The third-order valence-corrected chi connectivity index (χ3v) is 4.07. The molecule has 0 bridgehead atoms. The van der Waals surface area contributed by atoms with Crippen molar-refractivity contribution in [1.29, 1.82) is 0 Å². The fourth-order valence-corrected chi connectivity index (χ4v) is 3.22. The van der Waals surface area contributed by atoms with Crippen molar-refractivity contribution < 1.29 is 13.5 Å². The monoisotopic (exact) mass is 221 g/mol. The first-order valence-electron chi connectivity index (χ1n) is 5.23. The first-order valence-corrected chi connectivity index (χ1v) is 6.88. The molecule has 0 radical (unpaired) electrons. The number of rotatable bonds is 5. The minimum atomic E-state index is -3.17. The molecule has 0 spiro atoms. The van der Waals surface area contributed by atoms with Crippen LogP contribution in [0.25, 0.3) is 0 Å². The van der Waals surface area contributed by atoms with E-state index in [9.17, 15) is 13.5 Å². The summed E-state index contributed by atoms with van der Waals surface area (Å²) < 4.78 is 25.5. The van der Waals surface area contributed by atoms with Crippen LogP contribution >= 0.6 is 0 Å². The van der Waals surface area contributed by atoms with Crippen molar-refractivity contribution in [3.63, 3.8) is 0 Å². The molecule has 5 heteroatoms. The van der Waals surface area contributed by atoms with Crippen LogP contribution in [-0.2, 0) is 10.0 Å². The summed E-state index contributed by atoms with van der Waals surface area (Å²) in [7, 11) is -3.17. The smallest absolute Gasteiger partial charge is 0.211 e. The Hall–Kier alpha value is -0.130. The van der Waals surface area contributed by atoms with Gasteiger partial charge in [0.2, 0.25) is 10.0 Å². The van der Waals surface area contributed by atoms with Crippen LogP contribution in [-0.4, -0.2) is 31.4 Å². The molecular formula is C9H19NO3S. The molecule has 0 aliphatic heterocycles. The van der Waals surface area contributed by atoms with Gasteiger partial charge in [0, 0.05) is 6.04 Å². The Balaban J connectivity index is 2.42. The van der Waals surface area contributed by atoms with Gasteiger partial charge in [-0.3, -0.25) is 0 Å². The zero-order chi connectivity index (χ0) is 10.6. The van der Waals surface area contributed by atoms with Gasteiger partial charge >= 0.3 is 0 Å². The Kier molecular flexibility index (Phi) is 4.34. The summed E-state index contributed by atoms with van der Waals surface area (Å²) in [4.78, 5) is 0. The summed E-state index contributed by atoms with van der Waals surface area (Å²) >= 11 is 0. The van der Waals surface area contributed by atoms with Crippen molar-refractivity contribution in [1.82, 2.24) is 4.72 Å².